The number of nitrogens with zero attached hydrogens (tertiary/aromatic N) is 5. The highest BCUT2D eigenvalue weighted by molar-refractivity contribution is 7.90. The van der Waals surface area contributed by atoms with Crippen LogP contribution in [0.3, 0.4) is 0 Å². The van der Waals surface area contributed by atoms with E-state index in [0.717, 1.165) is 19.2 Å². The van der Waals surface area contributed by atoms with Crippen LogP contribution in [-0.2, 0) is 43.8 Å². The van der Waals surface area contributed by atoms with Crippen LogP contribution in [0.25, 0.3) is 5.69 Å². The zero-order valence-electron chi connectivity index (χ0n) is 33.7. The molecule has 0 saturated carbocycles. The Labute approximate surface area is 362 Å². The number of halogens is 7. The Morgan fingerprint density at radius 1 is 0.984 bits per heavy atom. The van der Waals surface area contributed by atoms with Crippen molar-refractivity contribution in [2.75, 3.05) is 25.3 Å². The molecule has 0 radical (unpaired) electrons. The number of rotatable bonds is 13. The Bertz CT molecular complexity index is 2610. The maximum atomic E-state index is 12.9. The van der Waals surface area contributed by atoms with Crippen molar-refractivity contribution in [1.29, 1.82) is 0 Å². The van der Waals surface area contributed by atoms with Crippen molar-refractivity contribution >= 4 is 53.1 Å². The second-order valence-electron chi connectivity index (χ2n) is 12.8. The highest BCUT2D eigenvalue weighted by atomic mass is 35.5. The van der Waals surface area contributed by atoms with Gasteiger partial charge in [0.15, 0.2) is 0 Å². The highest BCUT2D eigenvalue weighted by Gasteiger charge is 2.35. The van der Waals surface area contributed by atoms with Crippen LogP contribution in [0.2, 0.25) is 5.02 Å². The molecule has 0 saturated heterocycles. The minimum atomic E-state index is -4.86. The summed E-state index contributed by atoms with van der Waals surface area (Å²) < 4.78 is 123. The quantitative estimate of drug-likeness (QED) is 0.0631. The molecule has 0 unspecified atom stereocenters. The van der Waals surface area contributed by atoms with Gasteiger partial charge in [0.05, 0.1) is 47.2 Å². The number of carbonyl (C=O) groups excluding carboxylic acids is 2. The number of aryl methyl sites for hydroxylation is 2. The van der Waals surface area contributed by atoms with Crippen LogP contribution in [0.4, 0.5) is 37.1 Å². The number of urea groups is 1. The molecule has 4 rings (SSSR count). The number of anilines is 1. The second kappa shape index (κ2) is 22.6. The summed E-state index contributed by atoms with van der Waals surface area (Å²) in [7, 11) is -6.35. The van der Waals surface area contributed by atoms with E-state index in [1.165, 1.54) is 44.4 Å². The van der Waals surface area contributed by atoms with Gasteiger partial charge in [-0.3, -0.25) is 29.4 Å². The summed E-state index contributed by atoms with van der Waals surface area (Å²) in [6.07, 6.45) is -12.1. The lowest BCUT2D eigenvalue weighted by atomic mass is 10.1. The van der Waals surface area contributed by atoms with Crippen LogP contribution < -0.4 is 31.3 Å². The Hall–Kier alpha value is -5.93. The summed E-state index contributed by atoms with van der Waals surface area (Å²) in [4.78, 5) is 85.5. The lowest BCUT2D eigenvalue weighted by Crippen LogP contribution is -2.40. The largest absolute Gasteiger partial charge is 0.480 e. The molecular formula is C34H38ClF6N8O13PS. The Morgan fingerprint density at radius 3 is 2.16 bits per heavy atom. The van der Waals surface area contributed by atoms with Gasteiger partial charge < -0.3 is 24.4 Å². The van der Waals surface area contributed by atoms with Crippen molar-refractivity contribution < 1.29 is 78.1 Å². The molecule has 0 spiro atoms. The van der Waals surface area contributed by atoms with Crippen molar-refractivity contribution in [3.8, 4) is 11.7 Å². The number of carboxylic acids is 1. The van der Waals surface area contributed by atoms with E-state index in [-0.39, 0.29) is 39.6 Å². The summed E-state index contributed by atoms with van der Waals surface area (Å²) in [6, 6.07) is 7.72. The SMILES string of the molecule is CC(C)OC(=O)c1cc(-n2c(=O)cc(C(F)(F)F)n(C)c2=O)ccc1Cl.COc1nc(C)nc(NC(=O)NS(=O)(=O)c2ccccc2CCC(F)(F)F)n1.O=C(O)CNCP(=O)(O)O. The minimum Gasteiger partial charge on any atom is -0.480 e. The molecule has 0 fully saturated rings. The number of sulfonamides is 1. The summed E-state index contributed by atoms with van der Waals surface area (Å²) in [5, 5.41) is 12.2. The van der Waals surface area contributed by atoms with Crippen molar-refractivity contribution in [2.45, 2.75) is 57.0 Å². The zero-order chi connectivity index (χ0) is 49.0. The number of alkyl halides is 6. The number of hydrogen-bond acceptors (Lipinski definition) is 14. The van der Waals surface area contributed by atoms with Crippen molar-refractivity contribution in [2.24, 2.45) is 7.05 Å². The number of methoxy groups -OCH3 is 1. The predicted molar refractivity (Wildman–Crippen MR) is 212 cm³/mol. The lowest BCUT2D eigenvalue weighted by molar-refractivity contribution is -0.144. The maximum Gasteiger partial charge on any atom is 0.431 e. The number of benzene rings is 2. The lowest BCUT2D eigenvalue weighted by Gasteiger charge is -2.15. The third-order valence-corrected chi connectivity index (χ3v) is 9.67. The van der Waals surface area contributed by atoms with Gasteiger partial charge in [-0.1, -0.05) is 29.8 Å². The third-order valence-electron chi connectivity index (χ3n) is 7.28. The van der Waals surface area contributed by atoms with E-state index in [0.29, 0.717) is 15.2 Å². The van der Waals surface area contributed by atoms with E-state index in [1.54, 1.807) is 18.6 Å². The molecule has 352 valence electrons. The molecule has 0 bridgehead atoms. The Balaban J connectivity index is 0.000000365. The molecule has 2 aromatic carbocycles. The molecule has 0 aliphatic carbocycles. The molecule has 0 aliphatic rings. The van der Waals surface area contributed by atoms with Gasteiger partial charge in [-0.05, 0) is 57.0 Å². The van der Waals surface area contributed by atoms with Crippen LogP contribution >= 0.6 is 19.2 Å². The van der Waals surface area contributed by atoms with Crippen LogP contribution in [0.1, 0.15) is 47.7 Å². The van der Waals surface area contributed by atoms with E-state index >= 15 is 0 Å². The number of nitrogens with one attached hydrogen (secondary N) is 3. The van der Waals surface area contributed by atoms with Gasteiger partial charge in [0, 0.05) is 19.5 Å². The first-order valence-corrected chi connectivity index (χ1v) is 21.1. The molecule has 0 atom stereocenters. The highest BCUT2D eigenvalue weighted by Crippen LogP contribution is 2.32. The van der Waals surface area contributed by atoms with E-state index in [2.05, 4.69) is 25.6 Å². The Kier molecular flexibility index (Phi) is 19.2. The molecule has 30 heteroatoms. The van der Waals surface area contributed by atoms with E-state index in [9.17, 15) is 63.3 Å². The fraction of sp³-hybridized carbons (Fsp3) is 0.353. The summed E-state index contributed by atoms with van der Waals surface area (Å²) in [5.74, 6) is -1.98. The summed E-state index contributed by atoms with van der Waals surface area (Å²) in [5.41, 5.74) is -4.08. The average molecular weight is 979 g/mol. The van der Waals surface area contributed by atoms with Gasteiger partial charge in [0.25, 0.3) is 15.6 Å². The molecule has 2 aromatic heterocycles. The number of amides is 2. The molecular weight excluding hydrogens is 941 g/mol. The molecule has 2 amide bonds. The summed E-state index contributed by atoms with van der Waals surface area (Å²) >= 11 is 5.94. The number of carbonyl (C=O) groups is 3. The van der Waals surface area contributed by atoms with Crippen LogP contribution in [0.15, 0.2) is 63.0 Å². The molecule has 0 aliphatic heterocycles. The number of esters is 1. The minimum absolute atomic E-state index is 0.0104. The number of ether oxygens (including phenoxy) is 2. The molecule has 4 aromatic rings. The van der Waals surface area contributed by atoms with E-state index < -0.39 is 102 Å². The van der Waals surface area contributed by atoms with Gasteiger partial charge in [0.2, 0.25) is 5.95 Å². The third kappa shape index (κ3) is 17.7. The molecule has 64 heavy (non-hydrogen) atoms. The standard InChI is InChI=1S/C16H14ClF3N2O4.C15H16F3N5O4S.C3H8NO5P/c1-8(2)26-14(24)10-6-9(4-5-11(10)17)22-13(23)7-12(16(18,19)20)21(3)15(22)25;1-9-19-12(22-14(20-9)27-2)21-13(24)23-28(25,26)11-6-4-3-5-10(11)7-8-15(16,17)18;5-3(6)1-4-2-10(7,8)9/h4-8H,1-3H3;3-6H,7-8H2,1-2H3,(H2,19,20,21,22,23,24);4H,1-2H2,(H,5,6)(H2,7,8,9). The molecule has 21 nitrogen and oxygen atoms in total. The normalized spacial score (nSPS) is 11.7. The summed E-state index contributed by atoms with van der Waals surface area (Å²) in [6.45, 7) is 4.30. The fourth-order valence-corrected chi connectivity index (χ4v) is 6.46. The van der Waals surface area contributed by atoms with Crippen LogP contribution in [0.5, 0.6) is 6.01 Å². The number of aromatic nitrogens is 5. The molecule has 6 N–H and O–H groups in total. The monoisotopic (exact) mass is 978 g/mol. The van der Waals surface area contributed by atoms with E-state index in [4.69, 9.17) is 36.0 Å². The Morgan fingerprint density at radius 2 is 1.61 bits per heavy atom. The van der Waals surface area contributed by atoms with Gasteiger partial charge in [-0.2, -0.15) is 41.3 Å². The first kappa shape index (κ1) is 54.2. The topological polar surface area (TPSA) is 300 Å². The maximum absolute atomic E-state index is 12.9. The number of aliphatic carboxylic acids is 1. The average Bonchev–Trinajstić information content (AvgIpc) is 3.14. The first-order valence-electron chi connectivity index (χ1n) is 17.5. The smallest absolute Gasteiger partial charge is 0.431 e. The van der Waals surface area contributed by atoms with Crippen molar-refractivity contribution in [3.63, 3.8) is 0 Å². The van der Waals surface area contributed by atoms with Gasteiger partial charge in [0.1, 0.15) is 11.5 Å². The second-order valence-corrected chi connectivity index (χ2v) is 16.5. The van der Waals surface area contributed by atoms with Gasteiger partial charge in [-0.25, -0.2) is 32.1 Å². The van der Waals surface area contributed by atoms with Gasteiger partial charge in [-0.15, -0.1) is 0 Å². The predicted octanol–water partition coefficient (Wildman–Crippen LogP) is 3.76. The van der Waals surface area contributed by atoms with Crippen LogP contribution in [0, 0.1) is 6.92 Å². The zero-order valence-corrected chi connectivity index (χ0v) is 36.2. The van der Waals surface area contributed by atoms with E-state index in [1.807, 2.05) is 0 Å². The van der Waals surface area contributed by atoms with Crippen molar-refractivity contribution in [1.82, 2.24) is 34.1 Å². The van der Waals surface area contributed by atoms with Crippen LogP contribution in [-0.4, -0.2) is 97.6 Å². The number of hydrogen-bond donors (Lipinski definition) is 6. The van der Waals surface area contributed by atoms with Gasteiger partial charge >= 0.3 is 49.6 Å². The number of carboxylic acid groups (broad SMARTS) is 1. The fourth-order valence-electron chi connectivity index (χ4n) is 4.69. The molecule has 2 heterocycles. The first-order chi connectivity index (χ1) is 29.3. The van der Waals surface area contributed by atoms with Crippen molar-refractivity contribution in [3.05, 3.63) is 97.0 Å².